The van der Waals surface area contributed by atoms with Crippen LogP contribution in [0.25, 0.3) is 34.1 Å². The first-order valence-electron chi connectivity index (χ1n) is 11.4. The number of nitrogens with zero attached hydrogens (tertiary/aromatic N) is 5. The number of benzene rings is 1. The van der Waals surface area contributed by atoms with Gasteiger partial charge < -0.3 is 4.57 Å². The standard InChI is InChI=1S/C23H23ClN6O4S/c1-12-3-5-23(6-4-12)10-16(23)30-11-25-19-18(30)17(26-20(27-19)21-28-22(31)34-29-21)13-7-14(24)9-15(8-13)35(2,32)33/h7-9,11-12,16H,3-6,10H2,1-2H3,(H,28,29,31). The largest absolute Gasteiger partial charge is 0.439 e. The molecule has 0 amide bonds. The Morgan fingerprint density at radius 1 is 1.20 bits per heavy atom. The Kier molecular flexibility index (Phi) is 4.95. The molecule has 35 heavy (non-hydrogen) atoms. The molecule has 3 aromatic heterocycles. The van der Waals surface area contributed by atoms with Gasteiger partial charge in [0, 0.05) is 22.9 Å². The van der Waals surface area contributed by atoms with E-state index in [0.29, 0.717) is 22.4 Å². The van der Waals surface area contributed by atoms with E-state index in [2.05, 4.69) is 41.1 Å². The molecule has 2 aliphatic rings. The number of hydrogen-bond acceptors (Lipinski definition) is 8. The maximum absolute atomic E-state index is 12.3. The van der Waals surface area contributed by atoms with Crippen LogP contribution in [0.2, 0.25) is 5.02 Å². The Bertz CT molecular complexity index is 1630. The van der Waals surface area contributed by atoms with Crippen molar-refractivity contribution in [1.29, 1.82) is 0 Å². The van der Waals surface area contributed by atoms with Crippen LogP contribution in [0, 0.1) is 11.3 Å². The van der Waals surface area contributed by atoms with Crippen molar-refractivity contribution in [2.75, 3.05) is 6.26 Å². The molecule has 182 valence electrons. The van der Waals surface area contributed by atoms with Gasteiger partial charge in [-0.1, -0.05) is 36.5 Å². The fourth-order valence-corrected chi connectivity index (χ4v) is 6.30. The van der Waals surface area contributed by atoms with E-state index in [9.17, 15) is 13.2 Å². The van der Waals surface area contributed by atoms with Gasteiger partial charge in [0.2, 0.25) is 11.6 Å². The van der Waals surface area contributed by atoms with Crippen molar-refractivity contribution < 1.29 is 12.9 Å². The second kappa shape index (κ2) is 7.72. The quantitative estimate of drug-likeness (QED) is 0.431. The second-order valence-electron chi connectivity index (χ2n) is 9.88. The van der Waals surface area contributed by atoms with E-state index in [1.54, 1.807) is 18.5 Å². The normalized spacial score (nSPS) is 24.3. The fraction of sp³-hybridized carbons (Fsp3) is 0.435. The third-order valence-corrected chi connectivity index (χ3v) is 8.72. The Morgan fingerprint density at radius 3 is 2.66 bits per heavy atom. The van der Waals surface area contributed by atoms with E-state index >= 15 is 0 Å². The summed E-state index contributed by atoms with van der Waals surface area (Å²) in [6.07, 6.45) is 8.73. The van der Waals surface area contributed by atoms with Gasteiger partial charge in [0.1, 0.15) is 11.2 Å². The molecule has 2 aliphatic carbocycles. The zero-order valence-corrected chi connectivity index (χ0v) is 20.7. The Morgan fingerprint density at radius 2 is 1.97 bits per heavy atom. The van der Waals surface area contributed by atoms with Gasteiger partial charge in [-0.15, -0.1) is 0 Å². The summed E-state index contributed by atoms with van der Waals surface area (Å²) in [7, 11) is -3.52. The molecule has 3 heterocycles. The van der Waals surface area contributed by atoms with Crippen molar-refractivity contribution in [2.45, 2.75) is 50.0 Å². The highest BCUT2D eigenvalue weighted by Gasteiger charge is 2.56. The van der Waals surface area contributed by atoms with Gasteiger partial charge in [0.05, 0.1) is 11.2 Å². The van der Waals surface area contributed by atoms with Crippen LogP contribution >= 0.6 is 11.6 Å². The number of imidazole rings is 1. The predicted octanol–water partition coefficient (Wildman–Crippen LogP) is 4.03. The lowest BCUT2D eigenvalue weighted by Gasteiger charge is -2.27. The zero-order chi connectivity index (χ0) is 24.5. The number of nitrogens with one attached hydrogen (secondary N) is 1. The highest BCUT2D eigenvalue weighted by molar-refractivity contribution is 7.90. The van der Waals surface area contributed by atoms with Crippen LogP contribution in [0.5, 0.6) is 0 Å². The van der Waals surface area contributed by atoms with Crippen molar-refractivity contribution in [3.8, 4) is 22.9 Å². The first-order chi connectivity index (χ1) is 16.6. The maximum Gasteiger partial charge on any atom is 0.439 e. The van der Waals surface area contributed by atoms with Crippen molar-refractivity contribution >= 4 is 32.6 Å². The van der Waals surface area contributed by atoms with Gasteiger partial charge in [-0.05, 0) is 48.8 Å². The van der Waals surface area contributed by atoms with Crippen LogP contribution in [0.1, 0.15) is 45.1 Å². The Balaban J connectivity index is 1.56. The summed E-state index contributed by atoms with van der Waals surface area (Å²) in [5, 5.41) is 3.97. The Labute approximate surface area is 205 Å². The summed E-state index contributed by atoms with van der Waals surface area (Å²) in [5.74, 6) is 0.182. The molecule has 0 saturated heterocycles. The summed E-state index contributed by atoms with van der Waals surface area (Å²) < 4.78 is 31.4. The van der Waals surface area contributed by atoms with Crippen LogP contribution < -0.4 is 5.76 Å². The number of aromatic nitrogens is 6. The average molecular weight is 515 g/mol. The van der Waals surface area contributed by atoms with Crippen LogP contribution in [-0.4, -0.2) is 44.3 Å². The van der Waals surface area contributed by atoms with Gasteiger partial charge in [0.15, 0.2) is 15.5 Å². The van der Waals surface area contributed by atoms with E-state index in [-0.39, 0.29) is 33.0 Å². The van der Waals surface area contributed by atoms with Crippen LogP contribution in [0.3, 0.4) is 0 Å². The lowest BCUT2D eigenvalue weighted by molar-refractivity contribution is 0.252. The molecule has 0 aliphatic heterocycles. The summed E-state index contributed by atoms with van der Waals surface area (Å²) in [4.78, 5) is 27.8. The summed E-state index contributed by atoms with van der Waals surface area (Å²) in [6.45, 7) is 2.30. The molecule has 1 atom stereocenters. The highest BCUT2D eigenvalue weighted by atomic mass is 35.5. The van der Waals surface area contributed by atoms with Gasteiger partial charge in [-0.2, -0.15) is 0 Å². The Hall–Kier alpha value is -3.05. The molecule has 1 unspecified atom stereocenters. The van der Waals surface area contributed by atoms with Crippen molar-refractivity contribution in [2.24, 2.45) is 11.3 Å². The minimum absolute atomic E-state index is 0.0576. The van der Waals surface area contributed by atoms with Gasteiger partial charge in [0.25, 0.3) is 0 Å². The molecule has 1 N–H and O–H groups in total. The summed E-state index contributed by atoms with van der Waals surface area (Å²) >= 11 is 6.33. The first kappa shape index (κ1) is 22.4. The third kappa shape index (κ3) is 3.86. The van der Waals surface area contributed by atoms with E-state index in [0.717, 1.165) is 18.6 Å². The molecule has 4 aromatic rings. The summed E-state index contributed by atoms with van der Waals surface area (Å²) in [5.41, 5.74) is 2.33. The van der Waals surface area contributed by atoms with Crippen LogP contribution in [0.4, 0.5) is 0 Å². The fourth-order valence-electron chi connectivity index (χ4n) is 5.32. The molecule has 2 saturated carbocycles. The minimum atomic E-state index is -3.52. The molecule has 12 heteroatoms. The number of sulfone groups is 1. The van der Waals surface area contributed by atoms with E-state index in [4.69, 9.17) is 11.6 Å². The molecular weight excluding hydrogens is 492 g/mol. The number of H-pyrrole nitrogens is 1. The lowest BCUT2D eigenvalue weighted by Crippen LogP contribution is -2.16. The number of rotatable bonds is 4. The molecule has 1 aromatic carbocycles. The van der Waals surface area contributed by atoms with E-state index < -0.39 is 15.6 Å². The van der Waals surface area contributed by atoms with Gasteiger partial charge >= 0.3 is 5.76 Å². The van der Waals surface area contributed by atoms with E-state index in [1.165, 1.54) is 31.7 Å². The number of fused-ring (bicyclic) bond motifs is 1. The molecule has 2 fully saturated rings. The van der Waals surface area contributed by atoms with Crippen LogP contribution in [-0.2, 0) is 9.84 Å². The first-order valence-corrected chi connectivity index (χ1v) is 13.7. The SMILES string of the molecule is CC1CCC2(CC1)CC2n1cnc2nc(-c3noc(=O)[nH]3)nc(-c3cc(Cl)cc(S(C)(=O)=O)c3)c21. The molecule has 0 bridgehead atoms. The molecule has 6 rings (SSSR count). The minimum Gasteiger partial charge on any atom is -0.324 e. The molecule has 10 nitrogen and oxygen atoms in total. The van der Waals surface area contributed by atoms with E-state index in [1.807, 2.05) is 0 Å². The van der Waals surface area contributed by atoms with Crippen molar-refractivity contribution in [1.82, 2.24) is 29.7 Å². The van der Waals surface area contributed by atoms with Gasteiger partial charge in [-0.25, -0.2) is 28.2 Å². The lowest BCUT2D eigenvalue weighted by atomic mass is 9.80. The monoisotopic (exact) mass is 514 g/mol. The van der Waals surface area contributed by atoms with Crippen molar-refractivity contribution in [3.05, 3.63) is 40.1 Å². The topological polar surface area (TPSA) is 137 Å². The zero-order valence-electron chi connectivity index (χ0n) is 19.2. The molecular formula is C23H23ClN6O4S. The predicted molar refractivity (Wildman–Crippen MR) is 129 cm³/mol. The van der Waals surface area contributed by atoms with Gasteiger partial charge in [-0.3, -0.25) is 9.51 Å². The third-order valence-electron chi connectivity index (χ3n) is 7.41. The van der Waals surface area contributed by atoms with Crippen LogP contribution in [0.15, 0.2) is 38.7 Å². The second-order valence-corrected chi connectivity index (χ2v) is 12.3. The summed E-state index contributed by atoms with van der Waals surface area (Å²) in [6, 6.07) is 4.88. The maximum atomic E-state index is 12.3. The number of hydrogen-bond donors (Lipinski definition) is 1. The molecule has 1 spiro atoms. The number of halogens is 1. The number of aromatic amines is 1. The average Bonchev–Trinajstić information content (AvgIpc) is 3.12. The van der Waals surface area contributed by atoms with Crippen molar-refractivity contribution in [3.63, 3.8) is 0 Å². The highest BCUT2D eigenvalue weighted by Crippen LogP contribution is 2.65. The smallest absolute Gasteiger partial charge is 0.324 e. The molecule has 0 radical (unpaired) electrons.